The lowest BCUT2D eigenvalue weighted by molar-refractivity contribution is -0.192. The normalized spacial score (nSPS) is 14.0. The zero-order chi connectivity index (χ0) is 28.0. The van der Waals surface area contributed by atoms with Crippen molar-refractivity contribution >= 4 is 17.4 Å². The van der Waals surface area contributed by atoms with Crippen LogP contribution in [-0.4, -0.2) is 81.9 Å². The van der Waals surface area contributed by atoms with E-state index in [4.69, 9.17) is 24.4 Å². The zero-order valence-electron chi connectivity index (χ0n) is 21.3. The Bertz CT molecular complexity index is 1400. The second-order valence-corrected chi connectivity index (χ2v) is 8.55. The van der Waals surface area contributed by atoms with Crippen LogP contribution in [0.4, 0.5) is 19.0 Å². The topological polar surface area (TPSA) is 105 Å². The fraction of sp³-hybridized carbons (Fsp3) is 0.308. The average molecular weight is 545 g/mol. The molecule has 206 valence electrons. The Morgan fingerprint density at radius 3 is 2.28 bits per heavy atom. The standard InChI is InChI=1S/C24H26N6O2.C2HF3O2/c1-31-20-7-5-18(6-8-20)21-16-27-23-22(25-10-11-30(21)23)29-14-12-28(13-15-29)17-19-4-3-9-26-24(19)32-2;3-2(4,5)1(6)7/h3-11,16H,12-15,17H2,1-2H3;(H,6,7). The molecule has 3 aromatic heterocycles. The molecule has 0 aliphatic carbocycles. The van der Waals surface area contributed by atoms with Gasteiger partial charge >= 0.3 is 12.1 Å². The Hall–Kier alpha value is -4.39. The minimum atomic E-state index is -5.08. The van der Waals surface area contributed by atoms with E-state index in [2.05, 4.69) is 30.2 Å². The Morgan fingerprint density at radius 2 is 1.67 bits per heavy atom. The van der Waals surface area contributed by atoms with Crippen LogP contribution in [0.5, 0.6) is 11.6 Å². The first kappa shape index (κ1) is 27.6. The number of methoxy groups -OCH3 is 2. The van der Waals surface area contributed by atoms with Gasteiger partial charge in [0.15, 0.2) is 11.5 Å². The number of anilines is 1. The number of rotatable bonds is 6. The predicted octanol–water partition coefficient (Wildman–Crippen LogP) is 3.76. The molecule has 13 heteroatoms. The highest BCUT2D eigenvalue weighted by Gasteiger charge is 2.38. The van der Waals surface area contributed by atoms with E-state index < -0.39 is 12.1 Å². The van der Waals surface area contributed by atoms with Gasteiger partial charge in [-0.1, -0.05) is 6.07 Å². The predicted molar refractivity (Wildman–Crippen MR) is 137 cm³/mol. The number of aromatic nitrogens is 4. The molecule has 0 bridgehead atoms. The van der Waals surface area contributed by atoms with E-state index in [1.807, 2.05) is 48.9 Å². The molecule has 1 fully saturated rings. The molecule has 1 aromatic carbocycles. The smallest absolute Gasteiger partial charge is 0.490 e. The number of ether oxygens (including phenoxy) is 2. The summed E-state index contributed by atoms with van der Waals surface area (Å²) in [4.78, 5) is 27.3. The SMILES string of the molecule is COc1ccc(-c2cnc3c(N4CCN(Cc5cccnc5OC)CC4)nccn23)cc1.O=C(O)C(F)(F)F. The van der Waals surface area contributed by atoms with Crippen molar-refractivity contribution in [2.75, 3.05) is 45.3 Å². The van der Waals surface area contributed by atoms with E-state index in [1.54, 1.807) is 20.4 Å². The third-order valence-corrected chi connectivity index (χ3v) is 6.15. The molecule has 5 rings (SSSR count). The van der Waals surface area contributed by atoms with Crippen molar-refractivity contribution in [2.24, 2.45) is 0 Å². The van der Waals surface area contributed by atoms with Gasteiger partial charge in [0.2, 0.25) is 5.88 Å². The lowest BCUT2D eigenvalue weighted by Crippen LogP contribution is -2.46. The lowest BCUT2D eigenvalue weighted by Gasteiger charge is -2.35. The molecule has 10 nitrogen and oxygen atoms in total. The maximum atomic E-state index is 10.6. The van der Waals surface area contributed by atoms with E-state index in [0.717, 1.165) is 66.8 Å². The number of carboxylic acids is 1. The number of piperazine rings is 1. The number of aliphatic carboxylic acids is 1. The highest BCUT2D eigenvalue weighted by atomic mass is 19.4. The maximum Gasteiger partial charge on any atom is 0.490 e. The van der Waals surface area contributed by atoms with Crippen molar-refractivity contribution in [3.63, 3.8) is 0 Å². The number of imidazole rings is 1. The monoisotopic (exact) mass is 544 g/mol. The van der Waals surface area contributed by atoms with Crippen LogP contribution in [0, 0.1) is 0 Å². The number of alkyl halides is 3. The number of hydrogen-bond donors (Lipinski definition) is 1. The van der Waals surface area contributed by atoms with Gasteiger partial charge in [-0.25, -0.2) is 19.7 Å². The Morgan fingerprint density at radius 1 is 0.974 bits per heavy atom. The molecule has 0 radical (unpaired) electrons. The minimum Gasteiger partial charge on any atom is -0.497 e. The van der Waals surface area contributed by atoms with Crippen LogP contribution in [-0.2, 0) is 11.3 Å². The molecule has 1 saturated heterocycles. The van der Waals surface area contributed by atoms with Gasteiger partial charge in [0.25, 0.3) is 0 Å². The number of fused-ring (bicyclic) bond motifs is 1. The van der Waals surface area contributed by atoms with E-state index in [0.29, 0.717) is 5.88 Å². The number of halogens is 3. The van der Waals surface area contributed by atoms with Gasteiger partial charge in [0, 0.05) is 62.4 Å². The summed E-state index contributed by atoms with van der Waals surface area (Å²) in [5.41, 5.74) is 4.11. The zero-order valence-corrected chi connectivity index (χ0v) is 21.3. The molecule has 0 atom stereocenters. The average Bonchev–Trinajstić information content (AvgIpc) is 3.38. The van der Waals surface area contributed by atoms with Crippen LogP contribution in [0.3, 0.4) is 0 Å². The van der Waals surface area contributed by atoms with Gasteiger partial charge in [0.1, 0.15) is 5.75 Å². The summed E-state index contributed by atoms with van der Waals surface area (Å²) in [6, 6.07) is 12.1. The molecule has 1 aliphatic heterocycles. The molecule has 0 amide bonds. The summed E-state index contributed by atoms with van der Waals surface area (Å²) in [6.07, 6.45) is 2.41. The van der Waals surface area contributed by atoms with E-state index in [1.165, 1.54) is 0 Å². The van der Waals surface area contributed by atoms with Crippen molar-refractivity contribution in [1.29, 1.82) is 0 Å². The van der Waals surface area contributed by atoms with Gasteiger partial charge in [0.05, 0.1) is 26.1 Å². The quantitative estimate of drug-likeness (QED) is 0.388. The first-order valence-electron chi connectivity index (χ1n) is 11.9. The summed E-state index contributed by atoms with van der Waals surface area (Å²) >= 11 is 0. The van der Waals surface area contributed by atoms with Crippen LogP contribution in [0.1, 0.15) is 5.56 Å². The van der Waals surface area contributed by atoms with Crippen molar-refractivity contribution in [2.45, 2.75) is 12.7 Å². The van der Waals surface area contributed by atoms with Crippen LogP contribution >= 0.6 is 0 Å². The molecular weight excluding hydrogens is 517 g/mol. The second kappa shape index (κ2) is 12.0. The van der Waals surface area contributed by atoms with Gasteiger partial charge in [-0.2, -0.15) is 13.2 Å². The third-order valence-electron chi connectivity index (χ3n) is 6.15. The fourth-order valence-corrected chi connectivity index (χ4v) is 4.19. The summed E-state index contributed by atoms with van der Waals surface area (Å²) in [6.45, 7) is 4.48. The maximum absolute atomic E-state index is 10.6. The highest BCUT2D eigenvalue weighted by Crippen LogP contribution is 2.27. The van der Waals surface area contributed by atoms with E-state index in [-0.39, 0.29) is 0 Å². The molecule has 1 aliphatic rings. The van der Waals surface area contributed by atoms with Crippen LogP contribution < -0.4 is 14.4 Å². The first-order chi connectivity index (χ1) is 18.7. The van der Waals surface area contributed by atoms with Crippen molar-refractivity contribution in [3.8, 4) is 22.9 Å². The van der Waals surface area contributed by atoms with Gasteiger partial charge in [-0.05, 0) is 30.3 Å². The largest absolute Gasteiger partial charge is 0.497 e. The summed E-state index contributed by atoms with van der Waals surface area (Å²) in [5.74, 6) is -0.296. The number of nitrogens with zero attached hydrogens (tertiary/aromatic N) is 6. The summed E-state index contributed by atoms with van der Waals surface area (Å²) in [5, 5.41) is 7.12. The van der Waals surface area contributed by atoms with Crippen molar-refractivity contribution in [3.05, 3.63) is 66.7 Å². The third kappa shape index (κ3) is 6.55. The number of carbonyl (C=O) groups is 1. The number of hydrogen-bond acceptors (Lipinski definition) is 8. The van der Waals surface area contributed by atoms with Crippen molar-refractivity contribution in [1.82, 2.24) is 24.3 Å². The molecule has 4 aromatic rings. The summed E-state index contributed by atoms with van der Waals surface area (Å²) < 4.78 is 44.5. The molecule has 39 heavy (non-hydrogen) atoms. The lowest BCUT2D eigenvalue weighted by atomic mass is 10.1. The van der Waals surface area contributed by atoms with Crippen molar-refractivity contribution < 1.29 is 32.5 Å². The number of pyridine rings is 1. The minimum absolute atomic E-state index is 0.699. The van der Waals surface area contributed by atoms with Crippen LogP contribution in [0.2, 0.25) is 0 Å². The molecule has 0 unspecified atom stereocenters. The van der Waals surface area contributed by atoms with E-state index in [9.17, 15) is 13.2 Å². The van der Waals surface area contributed by atoms with Gasteiger partial charge < -0.3 is 19.5 Å². The molecule has 0 saturated carbocycles. The Balaban J connectivity index is 0.000000448. The highest BCUT2D eigenvalue weighted by molar-refractivity contribution is 5.73. The fourth-order valence-electron chi connectivity index (χ4n) is 4.19. The molecule has 1 N–H and O–H groups in total. The molecule has 0 spiro atoms. The van der Waals surface area contributed by atoms with Gasteiger partial charge in [-0.15, -0.1) is 0 Å². The number of carboxylic acid groups (broad SMARTS) is 1. The van der Waals surface area contributed by atoms with Gasteiger partial charge in [-0.3, -0.25) is 9.30 Å². The Kier molecular flexibility index (Phi) is 8.49. The van der Waals surface area contributed by atoms with Crippen LogP contribution in [0.25, 0.3) is 16.9 Å². The van der Waals surface area contributed by atoms with Crippen LogP contribution in [0.15, 0.2) is 61.2 Å². The first-order valence-corrected chi connectivity index (χ1v) is 11.9. The number of benzene rings is 1. The Labute approximate surface area is 222 Å². The second-order valence-electron chi connectivity index (χ2n) is 8.55. The summed E-state index contributed by atoms with van der Waals surface area (Å²) in [7, 11) is 3.34. The molecular formula is C26H27F3N6O4. The van der Waals surface area contributed by atoms with E-state index >= 15 is 0 Å². The molecule has 4 heterocycles.